The van der Waals surface area contributed by atoms with Crippen LogP contribution in [0.2, 0.25) is 0 Å². The molecule has 5 heteroatoms. The fourth-order valence-electron chi connectivity index (χ4n) is 3.40. The average molecular weight is 401 g/mol. The standard InChI is InChI=1S/C24H19NO3S/c1-15-9-11-17(12-10-15)20-14-29-23(22(20)24(27)28)25-21(26)13-18-7-4-6-16-5-2-3-8-19(16)18/h2-12,14H,13H2,1H3,(H,25,26)(H,27,28). The molecule has 0 unspecified atom stereocenters. The zero-order valence-corrected chi connectivity index (χ0v) is 16.6. The van der Waals surface area contributed by atoms with E-state index in [2.05, 4.69) is 5.32 Å². The van der Waals surface area contributed by atoms with Gasteiger partial charge >= 0.3 is 5.97 Å². The number of aromatic carboxylic acids is 1. The highest BCUT2D eigenvalue weighted by Crippen LogP contribution is 2.36. The number of anilines is 1. The van der Waals surface area contributed by atoms with Crippen LogP contribution in [0.15, 0.2) is 72.1 Å². The van der Waals surface area contributed by atoms with Crippen molar-refractivity contribution in [1.29, 1.82) is 0 Å². The van der Waals surface area contributed by atoms with E-state index in [1.165, 1.54) is 11.3 Å². The summed E-state index contributed by atoms with van der Waals surface area (Å²) in [5.74, 6) is -1.29. The maximum Gasteiger partial charge on any atom is 0.339 e. The van der Waals surface area contributed by atoms with Gasteiger partial charge in [-0.25, -0.2) is 4.79 Å². The van der Waals surface area contributed by atoms with E-state index in [0.29, 0.717) is 10.6 Å². The highest BCUT2D eigenvalue weighted by atomic mass is 32.1. The summed E-state index contributed by atoms with van der Waals surface area (Å²) in [6.45, 7) is 1.98. The van der Waals surface area contributed by atoms with Crippen LogP contribution in [0.25, 0.3) is 21.9 Å². The number of carboxylic acid groups (broad SMARTS) is 1. The average Bonchev–Trinajstić information content (AvgIpc) is 3.12. The molecule has 0 aliphatic carbocycles. The number of thiophene rings is 1. The van der Waals surface area contributed by atoms with Crippen LogP contribution < -0.4 is 5.32 Å². The van der Waals surface area contributed by atoms with E-state index in [4.69, 9.17) is 0 Å². The predicted molar refractivity (Wildman–Crippen MR) is 118 cm³/mol. The van der Waals surface area contributed by atoms with E-state index in [9.17, 15) is 14.7 Å². The Hall–Kier alpha value is -3.44. The maximum absolute atomic E-state index is 12.7. The van der Waals surface area contributed by atoms with Crippen LogP contribution in [0.5, 0.6) is 0 Å². The maximum atomic E-state index is 12.7. The number of nitrogens with one attached hydrogen (secondary N) is 1. The molecule has 0 aliphatic rings. The van der Waals surface area contributed by atoms with Crippen LogP contribution in [0.4, 0.5) is 5.00 Å². The Kier molecular flexibility index (Phi) is 5.14. The Morgan fingerprint density at radius 3 is 2.45 bits per heavy atom. The summed E-state index contributed by atoms with van der Waals surface area (Å²) in [6.07, 6.45) is 0.179. The van der Waals surface area contributed by atoms with Crippen LogP contribution in [0, 0.1) is 6.92 Å². The summed E-state index contributed by atoms with van der Waals surface area (Å²) in [5, 5.41) is 16.8. The summed E-state index contributed by atoms with van der Waals surface area (Å²) in [7, 11) is 0. The molecule has 0 fully saturated rings. The molecular weight excluding hydrogens is 382 g/mol. The minimum absolute atomic E-state index is 0.130. The van der Waals surface area contributed by atoms with Crippen LogP contribution in [-0.2, 0) is 11.2 Å². The van der Waals surface area contributed by atoms with Gasteiger partial charge in [0.2, 0.25) is 5.91 Å². The third-order valence-corrected chi connectivity index (χ3v) is 5.75. The van der Waals surface area contributed by atoms with E-state index in [1.807, 2.05) is 73.7 Å². The van der Waals surface area contributed by atoms with Crippen molar-refractivity contribution < 1.29 is 14.7 Å². The molecule has 0 saturated carbocycles. The topological polar surface area (TPSA) is 66.4 Å². The van der Waals surface area contributed by atoms with Gasteiger partial charge in [-0.3, -0.25) is 4.79 Å². The third kappa shape index (κ3) is 3.91. The zero-order chi connectivity index (χ0) is 20.4. The number of aryl methyl sites for hydroxylation is 1. The van der Waals surface area contributed by atoms with Crippen molar-refractivity contribution in [2.45, 2.75) is 13.3 Å². The van der Waals surface area contributed by atoms with Crippen molar-refractivity contribution in [3.8, 4) is 11.1 Å². The molecule has 1 amide bonds. The largest absolute Gasteiger partial charge is 0.478 e. The first-order valence-corrected chi connectivity index (χ1v) is 10.1. The van der Waals surface area contributed by atoms with Crippen molar-refractivity contribution >= 4 is 39.0 Å². The van der Waals surface area contributed by atoms with Gasteiger partial charge < -0.3 is 10.4 Å². The van der Waals surface area contributed by atoms with Gasteiger partial charge in [-0.1, -0.05) is 72.3 Å². The zero-order valence-electron chi connectivity index (χ0n) is 15.8. The van der Waals surface area contributed by atoms with E-state index < -0.39 is 5.97 Å². The summed E-state index contributed by atoms with van der Waals surface area (Å²) >= 11 is 1.23. The summed E-state index contributed by atoms with van der Waals surface area (Å²) < 4.78 is 0. The summed E-state index contributed by atoms with van der Waals surface area (Å²) in [6, 6.07) is 21.4. The first-order valence-electron chi connectivity index (χ1n) is 9.21. The Morgan fingerprint density at radius 1 is 0.966 bits per heavy atom. The van der Waals surface area contributed by atoms with E-state index in [-0.39, 0.29) is 17.9 Å². The van der Waals surface area contributed by atoms with Gasteiger partial charge in [-0.15, -0.1) is 11.3 Å². The van der Waals surface area contributed by atoms with Gasteiger partial charge in [0.1, 0.15) is 10.6 Å². The van der Waals surface area contributed by atoms with Crippen LogP contribution in [0.1, 0.15) is 21.5 Å². The minimum Gasteiger partial charge on any atom is -0.478 e. The van der Waals surface area contributed by atoms with Gasteiger partial charge in [0.15, 0.2) is 0 Å². The lowest BCUT2D eigenvalue weighted by Crippen LogP contribution is -2.15. The molecule has 0 atom stereocenters. The second kappa shape index (κ2) is 7.89. The lowest BCUT2D eigenvalue weighted by atomic mass is 10.0. The smallest absolute Gasteiger partial charge is 0.339 e. The monoisotopic (exact) mass is 401 g/mol. The van der Waals surface area contributed by atoms with Gasteiger partial charge in [0, 0.05) is 10.9 Å². The number of hydrogen-bond acceptors (Lipinski definition) is 3. The first kappa shape index (κ1) is 18.9. The SMILES string of the molecule is Cc1ccc(-c2csc(NC(=O)Cc3cccc4ccccc34)c2C(=O)O)cc1. The first-order chi connectivity index (χ1) is 14.0. The molecule has 1 aromatic heterocycles. The second-order valence-electron chi connectivity index (χ2n) is 6.89. The molecule has 4 aromatic rings. The summed E-state index contributed by atoms with van der Waals surface area (Å²) in [4.78, 5) is 24.6. The molecule has 0 radical (unpaired) electrons. The molecule has 0 aliphatic heterocycles. The number of fused-ring (bicyclic) bond motifs is 1. The number of hydrogen-bond donors (Lipinski definition) is 2. The van der Waals surface area contributed by atoms with E-state index in [1.54, 1.807) is 5.38 Å². The van der Waals surface area contributed by atoms with Crippen molar-refractivity contribution in [3.05, 3.63) is 88.8 Å². The third-order valence-electron chi connectivity index (χ3n) is 4.85. The number of carboxylic acids is 1. The molecular formula is C24H19NO3S. The van der Waals surface area contributed by atoms with Crippen LogP contribution in [0.3, 0.4) is 0 Å². The van der Waals surface area contributed by atoms with Gasteiger partial charge in [-0.2, -0.15) is 0 Å². The Morgan fingerprint density at radius 2 is 1.69 bits per heavy atom. The molecule has 1 heterocycles. The van der Waals surface area contributed by atoms with Crippen LogP contribution in [-0.4, -0.2) is 17.0 Å². The molecule has 144 valence electrons. The number of carbonyl (C=O) groups excluding carboxylic acids is 1. The minimum atomic E-state index is -1.05. The van der Waals surface area contributed by atoms with Gasteiger partial charge in [-0.05, 0) is 28.8 Å². The van der Waals surface area contributed by atoms with Crippen molar-refractivity contribution in [1.82, 2.24) is 0 Å². The molecule has 2 N–H and O–H groups in total. The Labute approximate surface area is 172 Å². The Balaban J connectivity index is 1.61. The predicted octanol–water partition coefficient (Wildman–Crippen LogP) is 5.76. The molecule has 0 saturated heterocycles. The van der Waals surface area contributed by atoms with Crippen LogP contribution >= 0.6 is 11.3 Å². The lowest BCUT2D eigenvalue weighted by Gasteiger charge is -2.08. The van der Waals surface area contributed by atoms with E-state index in [0.717, 1.165) is 27.5 Å². The van der Waals surface area contributed by atoms with Crippen molar-refractivity contribution in [2.75, 3.05) is 5.32 Å². The fourth-order valence-corrected chi connectivity index (χ4v) is 4.38. The Bertz CT molecular complexity index is 1200. The molecule has 3 aromatic carbocycles. The van der Waals surface area contributed by atoms with Crippen molar-refractivity contribution in [3.63, 3.8) is 0 Å². The number of carbonyl (C=O) groups is 2. The molecule has 0 bridgehead atoms. The molecule has 0 spiro atoms. The summed E-state index contributed by atoms with van der Waals surface area (Å²) in [5.41, 5.74) is 3.57. The second-order valence-corrected chi connectivity index (χ2v) is 7.77. The molecule has 29 heavy (non-hydrogen) atoms. The molecule has 4 nitrogen and oxygen atoms in total. The lowest BCUT2D eigenvalue weighted by molar-refractivity contribution is -0.115. The highest BCUT2D eigenvalue weighted by molar-refractivity contribution is 7.15. The van der Waals surface area contributed by atoms with Gasteiger partial charge in [0.25, 0.3) is 0 Å². The normalized spacial score (nSPS) is 10.8. The fraction of sp³-hybridized carbons (Fsp3) is 0.0833. The van der Waals surface area contributed by atoms with E-state index >= 15 is 0 Å². The number of amides is 1. The number of rotatable bonds is 5. The highest BCUT2D eigenvalue weighted by Gasteiger charge is 2.21. The quantitative estimate of drug-likeness (QED) is 0.447. The van der Waals surface area contributed by atoms with Gasteiger partial charge in [0.05, 0.1) is 6.42 Å². The molecule has 4 rings (SSSR count). The van der Waals surface area contributed by atoms with Crippen molar-refractivity contribution in [2.24, 2.45) is 0 Å². The number of benzene rings is 3.